The number of esters is 1. The van der Waals surface area contributed by atoms with E-state index in [9.17, 15) is 9.90 Å². The summed E-state index contributed by atoms with van der Waals surface area (Å²) in [5.41, 5.74) is 2.73. The van der Waals surface area contributed by atoms with Gasteiger partial charge in [0.1, 0.15) is 5.75 Å². The van der Waals surface area contributed by atoms with Crippen LogP contribution in [0.25, 0.3) is 0 Å². The molecule has 0 aromatic heterocycles. The second kappa shape index (κ2) is 6.25. The monoisotopic (exact) mass is 237 g/mol. The van der Waals surface area contributed by atoms with E-state index in [1.165, 1.54) is 0 Å². The Hall–Kier alpha value is -1.55. The fourth-order valence-corrected chi connectivity index (χ4v) is 1.67. The van der Waals surface area contributed by atoms with E-state index in [1.807, 2.05) is 26.0 Å². The molecule has 0 saturated heterocycles. The lowest BCUT2D eigenvalue weighted by Gasteiger charge is -2.09. The lowest BCUT2D eigenvalue weighted by Crippen LogP contribution is -2.24. The van der Waals surface area contributed by atoms with Crippen LogP contribution < -0.4 is 5.32 Å². The quantitative estimate of drug-likeness (QED) is 0.765. The smallest absolute Gasteiger partial charge is 0.319 e. The number of carbonyl (C=O) groups excluding carboxylic acids is 1. The minimum absolute atomic E-state index is 0.201. The van der Waals surface area contributed by atoms with Gasteiger partial charge >= 0.3 is 5.97 Å². The summed E-state index contributed by atoms with van der Waals surface area (Å²) < 4.78 is 4.80. The number of benzene rings is 1. The second-order valence-corrected chi connectivity index (χ2v) is 3.99. The molecule has 0 aliphatic heterocycles. The van der Waals surface area contributed by atoms with Crippen molar-refractivity contribution in [1.82, 2.24) is 5.32 Å². The molecule has 1 aromatic carbocycles. The van der Waals surface area contributed by atoms with E-state index in [1.54, 1.807) is 6.92 Å². The zero-order valence-corrected chi connectivity index (χ0v) is 10.5. The number of ether oxygens (including phenoxy) is 1. The van der Waals surface area contributed by atoms with Gasteiger partial charge in [0.05, 0.1) is 13.2 Å². The first kappa shape index (κ1) is 13.5. The number of phenolic OH excluding ortho intramolecular Hbond substituents is 1. The van der Waals surface area contributed by atoms with Crippen molar-refractivity contribution in [2.24, 2.45) is 0 Å². The number of nitrogens with one attached hydrogen (secondary N) is 1. The summed E-state index contributed by atoms with van der Waals surface area (Å²) in [7, 11) is 0. The van der Waals surface area contributed by atoms with Gasteiger partial charge in [-0.2, -0.15) is 0 Å². The number of hydrogen-bond acceptors (Lipinski definition) is 4. The molecule has 0 aliphatic rings. The van der Waals surface area contributed by atoms with E-state index in [2.05, 4.69) is 5.32 Å². The Bertz CT molecular complexity index is 379. The summed E-state index contributed by atoms with van der Waals surface area (Å²) in [4.78, 5) is 11.1. The zero-order chi connectivity index (χ0) is 12.8. The predicted octanol–water partition coefficient (Wildman–Crippen LogP) is 1.66. The van der Waals surface area contributed by atoms with Crippen LogP contribution in [0.5, 0.6) is 5.75 Å². The summed E-state index contributed by atoms with van der Waals surface area (Å²) >= 11 is 0. The molecule has 0 aliphatic carbocycles. The van der Waals surface area contributed by atoms with Crippen LogP contribution in [0.2, 0.25) is 0 Å². The molecule has 0 radical (unpaired) electrons. The van der Waals surface area contributed by atoms with E-state index in [0.717, 1.165) is 16.7 Å². The van der Waals surface area contributed by atoms with Crippen molar-refractivity contribution in [1.29, 1.82) is 0 Å². The van der Waals surface area contributed by atoms with Crippen molar-refractivity contribution >= 4 is 5.97 Å². The molecule has 0 unspecified atom stereocenters. The van der Waals surface area contributed by atoms with Gasteiger partial charge in [-0.25, -0.2) is 0 Å². The van der Waals surface area contributed by atoms with Crippen LogP contribution in [0.4, 0.5) is 0 Å². The first-order chi connectivity index (χ1) is 8.04. The lowest BCUT2D eigenvalue weighted by atomic mass is 10.1. The number of rotatable bonds is 5. The van der Waals surface area contributed by atoms with Crippen LogP contribution >= 0.6 is 0 Å². The van der Waals surface area contributed by atoms with E-state index in [4.69, 9.17) is 4.74 Å². The molecule has 0 heterocycles. The van der Waals surface area contributed by atoms with Crippen molar-refractivity contribution in [2.75, 3.05) is 13.2 Å². The van der Waals surface area contributed by atoms with Gasteiger partial charge in [0, 0.05) is 6.54 Å². The summed E-state index contributed by atoms with van der Waals surface area (Å²) in [6.07, 6.45) is 0. The Balaban J connectivity index is 2.50. The van der Waals surface area contributed by atoms with Gasteiger partial charge in [0.15, 0.2) is 0 Å². The highest BCUT2D eigenvalue weighted by Crippen LogP contribution is 2.22. The van der Waals surface area contributed by atoms with Gasteiger partial charge in [-0.3, -0.25) is 4.79 Å². The predicted molar refractivity (Wildman–Crippen MR) is 65.9 cm³/mol. The number of phenols is 1. The van der Waals surface area contributed by atoms with Gasteiger partial charge in [-0.1, -0.05) is 12.1 Å². The molecule has 94 valence electrons. The third-order valence-electron chi connectivity index (χ3n) is 2.45. The maximum Gasteiger partial charge on any atom is 0.319 e. The fraction of sp³-hybridized carbons (Fsp3) is 0.462. The average Bonchev–Trinajstić information content (AvgIpc) is 2.26. The molecule has 1 rings (SSSR count). The highest BCUT2D eigenvalue weighted by molar-refractivity contribution is 5.71. The van der Waals surface area contributed by atoms with Crippen LogP contribution in [0.3, 0.4) is 0 Å². The van der Waals surface area contributed by atoms with Crippen LogP contribution in [-0.2, 0) is 16.1 Å². The van der Waals surface area contributed by atoms with E-state index in [0.29, 0.717) is 18.9 Å². The molecule has 0 amide bonds. The fourth-order valence-electron chi connectivity index (χ4n) is 1.67. The number of aryl methyl sites for hydroxylation is 2. The minimum Gasteiger partial charge on any atom is -0.507 e. The summed E-state index contributed by atoms with van der Waals surface area (Å²) in [6.45, 7) is 6.68. The standard InChI is InChI=1S/C13H19NO3/c1-4-17-12(15)8-14-7-11-5-9(2)13(16)10(3)6-11/h5-6,14,16H,4,7-8H2,1-3H3. The molecule has 0 atom stereocenters. The Labute approximate surface area is 102 Å². The second-order valence-electron chi connectivity index (χ2n) is 3.99. The average molecular weight is 237 g/mol. The van der Waals surface area contributed by atoms with Crippen LogP contribution in [-0.4, -0.2) is 24.2 Å². The third kappa shape index (κ3) is 4.07. The van der Waals surface area contributed by atoms with Gasteiger partial charge < -0.3 is 15.2 Å². The maximum absolute atomic E-state index is 11.1. The largest absolute Gasteiger partial charge is 0.507 e. The normalized spacial score (nSPS) is 10.3. The topological polar surface area (TPSA) is 58.6 Å². The number of hydrogen-bond donors (Lipinski definition) is 2. The molecule has 0 fully saturated rings. The van der Waals surface area contributed by atoms with E-state index in [-0.39, 0.29) is 12.5 Å². The molecule has 17 heavy (non-hydrogen) atoms. The Morgan fingerprint density at radius 1 is 1.35 bits per heavy atom. The van der Waals surface area contributed by atoms with Gasteiger partial charge in [0.25, 0.3) is 0 Å². The van der Waals surface area contributed by atoms with Crippen LogP contribution in [0.15, 0.2) is 12.1 Å². The highest BCUT2D eigenvalue weighted by atomic mass is 16.5. The maximum atomic E-state index is 11.1. The first-order valence-electron chi connectivity index (χ1n) is 5.70. The van der Waals surface area contributed by atoms with Gasteiger partial charge in [-0.15, -0.1) is 0 Å². The van der Waals surface area contributed by atoms with Crippen LogP contribution in [0.1, 0.15) is 23.6 Å². The number of carbonyl (C=O) groups is 1. The SMILES string of the molecule is CCOC(=O)CNCc1cc(C)c(O)c(C)c1. The summed E-state index contributed by atoms with van der Waals surface area (Å²) in [6, 6.07) is 3.81. The number of aromatic hydroxyl groups is 1. The molecule has 4 heteroatoms. The Morgan fingerprint density at radius 3 is 2.47 bits per heavy atom. The van der Waals surface area contributed by atoms with Gasteiger partial charge in [0.2, 0.25) is 0 Å². The van der Waals surface area contributed by atoms with Crippen molar-refractivity contribution < 1.29 is 14.6 Å². The molecule has 2 N–H and O–H groups in total. The molecule has 0 bridgehead atoms. The van der Waals surface area contributed by atoms with Crippen molar-refractivity contribution in [3.63, 3.8) is 0 Å². The molecule has 1 aromatic rings. The first-order valence-corrected chi connectivity index (χ1v) is 5.70. The molecular weight excluding hydrogens is 218 g/mol. The lowest BCUT2D eigenvalue weighted by molar-refractivity contribution is -0.142. The Kier molecular flexibility index (Phi) is 4.97. The minimum atomic E-state index is -0.250. The van der Waals surface area contributed by atoms with Gasteiger partial charge in [-0.05, 0) is 37.5 Å². The zero-order valence-electron chi connectivity index (χ0n) is 10.5. The highest BCUT2D eigenvalue weighted by Gasteiger charge is 2.04. The molecule has 0 spiro atoms. The van der Waals surface area contributed by atoms with Crippen LogP contribution in [0, 0.1) is 13.8 Å². The van der Waals surface area contributed by atoms with E-state index >= 15 is 0 Å². The van der Waals surface area contributed by atoms with Crippen molar-refractivity contribution in [3.8, 4) is 5.75 Å². The van der Waals surface area contributed by atoms with Crippen molar-refractivity contribution in [2.45, 2.75) is 27.3 Å². The molecular formula is C13H19NO3. The third-order valence-corrected chi connectivity index (χ3v) is 2.45. The van der Waals surface area contributed by atoms with Crippen molar-refractivity contribution in [3.05, 3.63) is 28.8 Å². The summed E-state index contributed by atoms with van der Waals surface area (Å²) in [5, 5.41) is 12.6. The summed E-state index contributed by atoms with van der Waals surface area (Å²) in [5.74, 6) is 0.0823. The molecule has 0 saturated carbocycles. The van der Waals surface area contributed by atoms with E-state index < -0.39 is 0 Å². The molecule has 4 nitrogen and oxygen atoms in total. The Morgan fingerprint density at radius 2 is 1.94 bits per heavy atom.